The Kier molecular flexibility index (Phi) is 16.6. The third kappa shape index (κ3) is 11.4. The monoisotopic (exact) mass is 1360 g/mol. The number of nitrogens with zero attached hydrogens (tertiary/aromatic N) is 8. The molecule has 10 aromatic rings. The molecule has 0 spiro atoms. The standard InChI is InChI=1S/C36H24N4O.C30H26N4.Ir.Pt/c1-39-25-40(35-18-9-8-17-34(35)39)29-15-10-16-30(21-29)41-36-22-33(38-24-31(36)27-13-6-3-7-14-27)32-20-19-28(23-37-32)26-11-4-2-5-12-26;1-3-13-25(14-4-1)33-23-31(27-17-7-9-19-29(27)33)21-11-12-22-32-24-34(26-15-5-2-6-16-26)30-20-10-8-18-28(30)32;;/h2-19,23-25H,1H3;1-10,13,15,17-20,23-24H,11-12,21-22H2;;/q2*-4;;. The molecule has 0 saturated carbocycles. The number of unbranched alkanes of at least 4 members (excludes halogenated alkanes) is 1. The van der Waals surface area contributed by atoms with E-state index < -0.39 is 0 Å². The molecule has 3 aliphatic rings. The second kappa shape index (κ2) is 24.3. The quantitative estimate of drug-likeness (QED) is 0.0830. The first-order valence-electron chi connectivity index (χ1n) is 25.1. The van der Waals surface area contributed by atoms with Crippen LogP contribution in [0.1, 0.15) is 12.8 Å². The van der Waals surface area contributed by atoms with E-state index in [1.807, 2.05) is 129 Å². The number of aromatic nitrogens is 2. The third-order valence-electron chi connectivity index (χ3n) is 13.3. The molecule has 3 aliphatic heterocycles. The summed E-state index contributed by atoms with van der Waals surface area (Å²) in [5, 5.41) is 0. The molecule has 13 rings (SSSR count). The van der Waals surface area contributed by atoms with E-state index in [0.29, 0.717) is 22.9 Å². The van der Waals surface area contributed by atoms with E-state index in [0.717, 1.165) is 76.6 Å². The molecule has 0 fully saturated rings. The largest absolute Gasteiger partial charge is 0.510 e. The number of rotatable bonds is 13. The molecule has 0 unspecified atom stereocenters. The second-order valence-electron chi connectivity index (χ2n) is 18.2. The molecule has 387 valence electrons. The predicted molar refractivity (Wildman–Crippen MR) is 303 cm³/mol. The van der Waals surface area contributed by atoms with Gasteiger partial charge in [0, 0.05) is 86.8 Å². The molecule has 1 radical (unpaired) electrons. The summed E-state index contributed by atoms with van der Waals surface area (Å²) in [6.45, 7) is 8.42. The Bertz CT molecular complexity index is 3420. The number of hydrogen-bond acceptors (Lipinski definition) is 9. The van der Waals surface area contributed by atoms with E-state index in [-0.39, 0.29) is 41.2 Å². The van der Waals surface area contributed by atoms with Crippen LogP contribution in [0.4, 0.5) is 51.2 Å². The van der Waals surface area contributed by atoms with Gasteiger partial charge >= 0.3 is 0 Å². The molecule has 5 heterocycles. The predicted octanol–water partition coefficient (Wildman–Crippen LogP) is 15.3. The fraction of sp³-hybridized carbons (Fsp3) is 0.0758. The topological polar surface area (TPSA) is 54.5 Å². The average Bonchev–Trinajstić information content (AvgIpc) is 4.16. The molecule has 0 N–H and O–H groups in total. The van der Waals surface area contributed by atoms with Gasteiger partial charge in [-0.3, -0.25) is 0 Å². The summed E-state index contributed by atoms with van der Waals surface area (Å²) in [7, 11) is 2.04. The first-order valence-corrected chi connectivity index (χ1v) is 25.1. The van der Waals surface area contributed by atoms with Crippen LogP contribution < -0.4 is 34.1 Å². The summed E-state index contributed by atoms with van der Waals surface area (Å²) in [6, 6.07) is 86.5. The van der Waals surface area contributed by atoms with Gasteiger partial charge in [0.15, 0.2) is 0 Å². The molecule has 77 heavy (non-hydrogen) atoms. The molecule has 0 amide bonds. The smallest absolute Gasteiger partial charge is 0.0326 e. The summed E-state index contributed by atoms with van der Waals surface area (Å²) in [5.74, 6) is 1.12. The molecule has 0 saturated heterocycles. The number of para-hydroxylation sites is 8. The van der Waals surface area contributed by atoms with Gasteiger partial charge in [0.25, 0.3) is 0 Å². The second-order valence-corrected chi connectivity index (χ2v) is 18.2. The van der Waals surface area contributed by atoms with Gasteiger partial charge in [-0.1, -0.05) is 119 Å². The van der Waals surface area contributed by atoms with E-state index in [9.17, 15) is 0 Å². The molecule has 2 aromatic heterocycles. The summed E-state index contributed by atoms with van der Waals surface area (Å²) in [5.41, 5.74) is 15.2. The Balaban J connectivity index is 0.000000173. The molecule has 8 aromatic carbocycles. The van der Waals surface area contributed by atoms with Crippen LogP contribution in [-0.2, 0) is 41.2 Å². The number of fused-ring (bicyclic) bond motifs is 3. The van der Waals surface area contributed by atoms with Gasteiger partial charge in [0.1, 0.15) is 0 Å². The van der Waals surface area contributed by atoms with Gasteiger partial charge in [0.2, 0.25) is 0 Å². The number of pyridine rings is 2. The first-order chi connectivity index (χ1) is 37.1. The Hall–Kier alpha value is -8.00. The number of anilines is 9. The van der Waals surface area contributed by atoms with Crippen molar-refractivity contribution in [3.05, 3.63) is 269 Å². The van der Waals surface area contributed by atoms with Crippen molar-refractivity contribution in [1.82, 2.24) is 9.97 Å². The van der Waals surface area contributed by atoms with E-state index in [1.165, 1.54) is 22.7 Å². The molecule has 11 heteroatoms. The Morgan fingerprint density at radius 1 is 0.442 bits per heavy atom. The zero-order chi connectivity index (χ0) is 50.3. The van der Waals surface area contributed by atoms with E-state index >= 15 is 0 Å². The van der Waals surface area contributed by atoms with Gasteiger partial charge in [-0.15, -0.1) is 46.6 Å². The minimum absolute atomic E-state index is 0. The summed E-state index contributed by atoms with van der Waals surface area (Å²) >= 11 is 0. The van der Waals surface area contributed by atoms with E-state index in [1.54, 1.807) is 6.20 Å². The van der Waals surface area contributed by atoms with Gasteiger partial charge in [-0.25, -0.2) is 6.07 Å². The molecule has 0 aliphatic carbocycles. The van der Waals surface area contributed by atoms with Crippen molar-refractivity contribution in [3.63, 3.8) is 0 Å². The van der Waals surface area contributed by atoms with Crippen molar-refractivity contribution in [2.45, 2.75) is 12.8 Å². The number of hydrogen-bond donors (Lipinski definition) is 0. The van der Waals surface area contributed by atoms with Crippen LogP contribution in [0.25, 0.3) is 33.6 Å². The number of benzene rings is 8. The maximum atomic E-state index is 6.49. The van der Waals surface area contributed by atoms with Crippen molar-refractivity contribution in [1.29, 1.82) is 0 Å². The summed E-state index contributed by atoms with van der Waals surface area (Å²) in [6.07, 6.45) is 5.84. The van der Waals surface area contributed by atoms with E-state index in [4.69, 9.17) is 4.74 Å². The maximum Gasteiger partial charge on any atom is 0.0326 e. The molecule has 0 bridgehead atoms. The van der Waals surface area contributed by atoms with Crippen LogP contribution in [0.2, 0.25) is 0 Å². The van der Waals surface area contributed by atoms with Crippen molar-refractivity contribution in [3.8, 4) is 45.1 Å². The third-order valence-corrected chi connectivity index (χ3v) is 13.3. The Morgan fingerprint density at radius 2 is 0.935 bits per heavy atom. The summed E-state index contributed by atoms with van der Waals surface area (Å²) < 4.78 is 6.49. The Morgan fingerprint density at radius 3 is 1.49 bits per heavy atom. The van der Waals surface area contributed by atoms with Gasteiger partial charge in [-0.2, -0.15) is 98.9 Å². The zero-order valence-electron chi connectivity index (χ0n) is 42.0. The molecular formula is C66H50IrN8OPt-8. The van der Waals surface area contributed by atoms with Crippen LogP contribution in [0.3, 0.4) is 0 Å². The minimum Gasteiger partial charge on any atom is -0.510 e. The fourth-order valence-corrected chi connectivity index (χ4v) is 9.61. The number of ether oxygens (including phenoxy) is 1. The average molecular weight is 1360 g/mol. The van der Waals surface area contributed by atoms with Crippen LogP contribution in [0, 0.1) is 50.3 Å². The summed E-state index contributed by atoms with van der Waals surface area (Å²) in [4.78, 5) is 22.7. The van der Waals surface area contributed by atoms with Crippen LogP contribution in [0.15, 0.2) is 219 Å². The Labute approximate surface area is 480 Å². The van der Waals surface area contributed by atoms with Crippen LogP contribution in [0.5, 0.6) is 11.5 Å². The molecule has 9 nitrogen and oxygen atoms in total. The van der Waals surface area contributed by atoms with Crippen molar-refractivity contribution in [2.75, 3.05) is 49.5 Å². The van der Waals surface area contributed by atoms with Crippen LogP contribution >= 0.6 is 0 Å². The minimum atomic E-state index is 0. The van der Waals surface area contributed by atoms with Crippen LogP contribution in [-0.4, -0.2) is 30.1 Å². The maximum absolute atomic E-state index is 6.49. The molecule has 0 atom stereocenters. The van der Waals surface area contributed by atoms with Crippen molar-refractivity contribution in [2.24, 2.45) is 0 Å². The van der Waals surface area contributed by atoms with Gasteiger partial charge in [-0.05, 0) is 81.8 Å². The fourth-order valence-electron chi connectivity index (χ4n) is 9.61. The van der Waals surface area contributed by atoms with Crippen molar-refractivity contribution < 1.29 is 45.9 Å². The van der Waals surface area contributed by atoms with Gasteiger partial charge < -0.3 is 44.1 Å². The first kappa shape index (κ1) is 52.4. The molecular weight excluding hydrogens is 1310 g/mol. The normalized spacial score (nSPS) is 12.9. The van der Waals surface area contributed by atoms with E-state index in [2.05, 4.69) is 180 Å². The van der Waals surface area contributed by atoms with Gasteiger partial charge in [0.05, 0.1) is 0 Å². The zero-order valence-corrected chi connectivity index (χ0v) is 46.6. The van der Waals surface area contributed by atoms with Crippen molar-refractivity contribution >= 4 is 51.2 Å². The SMILES string of the molecule is CN1[CH-]N(c2[c-]c(Oc3[c-]c(-c4[c-]cc(-c5ccccc5)cn4)ncc3-c3ccccc3)ccc2)c2ccccc21.[Ir].[Pt].[c-]1ccccc1N1[CH-]N(CCCCN2[CH-]N(c3[c-]cccc3)c3ccccc32)c2ccccc21.